The Balaban J connectivity index is 2.15. The Bertz CT molecular complexity index is 553. The summed E-state index contributed by atoms with van der Waals surface area (Å²) in [6.07, 6.45) is 2.82. The van der Waals surface area contributed by atoms with Gasteiger partial charge in [0.15, 0.2) is 0 Å². The fourth-order valence-corrected chi connectivity index (χ4v) is 2.13. The van der Waals surface area contributed by atoms with Crippen molar-refractivity contribution < 1.29 is 14.5 Å². The van der Waals surface area contributed by atoms with Gasteiger partial charge >= 0.3 is 5.97 Å². The average molecular weight is 292 g/mol. The van der Waals surface area contributed by atoms with Gasteiger partial charge in [0, 0.05) is 29.8 Å². The van der Waals surface area contributed by atoms with E-state index in [9.17, 15) is 14.9 Å². The quantitative estimate of drug-likeness (QED) is 0.474. The van der Waals surface area contributed by atoms with Gasteiger partial charge in [-0.15, -0.1) is 0 Å². The molecule has 1 aromatic carbocycles. The fraction of sp³-hybridized carbons (Fsp3) is 0.533. The summed E-state index contributed by atoms with van der Waals surface area (Å²) >= 11 is 0. The normalized spacial score (nSPS) is 15.3. The van der Waals surface area contributed by atoms with E-state index in [1.807, 2.05) is 0 Å². The van der Waals surface area contributed by atoms with Crippen LogP contribution < -0.4 is 5.32 Å². The molecule has 6 heteroatoms. The lowest BCUT2D eigenvalue weighted by Crippen LogP contribution is -2.17. The highest BCUT2D eigenvalue weighted by atomic mass is 16.6. The molecule has 0 radical (unpaired) electrons. The van der Waals surface area contributed by atoms with Crippen molar-refractivity contribution in [3.63, 3.8) is 0 Å². The summed E-state index contributed by atoms with van der Waals surface area (Å²) in [5.74, 6) is -0.285. The molecule has 1 aliphatic carbocycles. The standard InChI is InChI=1S/C15H20N2O4/c1-3-21-14(18)7-4-11-10-12(17(19)20)5-6-13(11)16-15(2)8-9-15/h5-6,10,16H,3-4,7-9H2,1-2H3. The van der Waals surface area contributed by atoms with Crippen LogP contribution in [0.2, 0.25) is 0 Å². The number of carbonyl (C=O) groups is 1. The number of carbonyl (C=O) groups excluding carboxylic acids is 1. The average Bonchev–Trinajstić information content (AvgIpc) is 3.15. The highest BCUT2D eigenvalue weighted by molar-refractivity contribution is 5.70. The van der Waals surface area contributed by atoms with E-state index >= 15 is 0 Å². The summed E-state index contributed by atoms with van der Waals surface area (Å²) in [7, 11) is 0. The van der Waals surface area contributed by atoms with Gasteiger partial charge in [-0.25, -0.2) is 0 Å². The SMILES string of the molecule is CCOC(=O)CCc1cc([N+](=O)[O-])ccc1NC1(C)CC1. The van der Waals surface area contributed by atoms with Gasteiger partial charge in [-0.05, 0) is 44.7 Å². The second-order valence-corrected chi connectivity index (χ2v) is 5.59. The maximum absolute atomic E-state index is 11.5. The number of rotatable bonds is 7. The Hall–Kier alpha value is -2.11. The van der Waals surface area contributed by atoms with Gasteiger partial charge in [0.1, 0.15) is 0 Å². The van der Waals surface area contributed by atoms with Crippen LogP contribution in [0.4, 0.5) is 11.4 Å². The summed E-state index contributed by atoms with van der Waals surface area (Å²) < 4.78 is 4.90. The summed E-state index contributed by atoms with van der Waals surface area (Å²) in [5.41, 5.74) is 1.77. The molecule has 1 aromatic rings. The van der Waals surface area contributed by atoms with Gasteiger partial charge in [-0.2, -0.15) is 0 Å². The van der Waals surface area contributed by atoms with Gasteiger partial charge in [0.25, 0.3) is 5.69 Å². The first-order valence-electron chi connectivity index (χ1n) is 7.15. The van der Waals surface area contributed by atoms with E-state index < -0.39 is 4.92 Å². The number of aryl methyl sites for hydroxylation is 1. The molecule has 6 nitrogen and oxygen atoms in total. The van der Waals surface area contributed by atoms with E-state index in [4.69, 9.17) is 4.74 Å². The first kappa shape index (κ1) is 15.3. The molecule has 0 aliphatic heterocycles. The monoisotopic (exact) mass is 292 g/mol. The predicted octanol–water partition coefficient (Wildman–Crippen LogP) is 3.05. The van der Waals surface area contributed by atoms with Crippen LogP contribution in [-0.4, -0.2) is 23.0 Å². The van der Waals surface area contributed by atoms with Crippen molar-refractivity contribution in [2.45, 2.75) is 45.1 Å². The highest BCUT2D eigenvalue weighted by Crippen LogP contribution is 2.39. The maximum Gasteiger partial charge on any atom is 0.306 e. The Morgan fingerprint density at radius 3 is 2.76 bits per heavy atom. The van der Waals surface area contributed by atoms with Gasteiger partial charge < -0.3 is 10.1 Å². The van der Waals surface area contributed by atoms with Crippen molar-refractivity contribution in [2.24, 2.45) is 0 Å². The first-order chi connectivity index (χ1) is 9.93. The number of benzene rings is 1. The Morgan fingerprint density at radius 1 is 1.48 bits per heavy atom. The molecule has 114 valence electrons. The first-order valence-corrected chi connectivity index (χ1v) is 7.15. The predicted molar refractivity (Wildman–Crippen MR) is 79.3 cm³/mol. The van der Waals surface area contributed by atoms with Crippen LogP contribution in [0.5, 0.6) is 0 Å². The lowest BCUT2D eigenvalue weighted by atomic mass is 10.1. The number of esters is 1. The Labute approximate surface area is 123 Å². The Morgan fingerprint density at radius 2 is 2.19 bits per heavy atom. The molecule has 0 saturated heterocycles. The molecule has 21 heavy (non-hydrogen) atoms. The van der Waals surface area contributed by atoms with Crippen LogP contribution in [0, 0.1) is 10.1 Å². The van der Waals surface area contributed by atoms with Crippen LogP contribution in [0.25, 0.3) is 0 Å². The van der Waals surface area contributed by atoms with Crippen molar-refractivity contribution in [3.8, 4) is 0 Å². The van der Waals surface area contributed by atoms with Crippen molar-refractivity contribution in [1.82, 2.24) is 0 Å². The number of nitrogens with one attached hydrogen (secondary N) is 1. The summed E-state index contributed by atoms with van der Waals surface area (Å²) in [5, 5.41) is 14.3. The minimum atomic E-state index is -0.420. The van der Waals surface area contributed by atoms with Gasteiger partial charge in [0.05, 0.1) is 11.5 Å². The lowest BCUT2D eigenvalue weighted by molar-refractivity contribution is -0.384. The number of nitro groups is 1. The molecule has 1 N–H and O–H groups in total. The number of hydrogen-bond donors (Lipinski definition) is 1. The van der Waals surface area contributed by atoms with Crippen LogP contribution in [0.3, 0.4) is 0 Å². The number of non-ortho nitro benzene ring substituents is 1. The van der Waals surface area contributed by atoms with Gasteiger partial charge in [-0.1, -0.05) is 0 Å². The van der Waals surface area contributed by atoms with E-state index in [2.05, 4.69) is 12.2 Å². The molecule has 0 atom stereocenters. The molecule has 1 saturated carbocycles. The largest absolute Gasteiger partial charge is 0.466 e. The van der Waals surface area contributed by atoms with Crippen LogP contribution in [-0.2, 0) is 16.0 Å². The number of hydrogen-bond acceptors (Lipinski definition) is 5. The zero-order chi connectivity index (χ0) is 15.5. The maximum atomic E-state index is 11.5. The van der Waals surface area contributed by atoms with E-state index in [-0.39, 0.29) is 23.6 Å². The van der Waals surface area contributed by atoms with Crippen LogP contribution in [0.15, 0.2) is 18.2 Å². The molecular weight excluding hydrogens is 272 g/mol. The molecular formula is C15H20N2O4. The molecule has 0 heterocycles. The number of nitrogens with zero attached hydrogens (tertiary/aromatic N) is 1. The van der Waals surface area contributed by atoms with E-state index in [0.29, 0.717) is 13.0 Å². The molecule has 0 spiro atoms. The summed E-state index contributed by atoms with van der Waals surface area (Å²) in [4.78, 5) is 21.9. The van der Waals surface area contributed by atoms with Crippen molar-refractivity contribution in [1.29, 1.82) is 0 Å². The topological polar surface area (TPSA) is 81.5 Å². The minimum absolute atomic E-state index is 0.0420. The molecule has 0 unspecified atom stereocenters. The second kappa shape index (κ2) is 6.11. The van der Waals surface area contributed by atoms with E-state index in [0.717, 1.165) is 24.1 Å². The van der Waals surface area contributed by atoms with Gasteiger partial charge in [0.2, 0.25) is 0 Å². The van der Waals surface area contributed by atoms with Crippen LogP contribution in [0.1, 0.15) is 38.7 Å². The van der Waals surface area contributed by atoms with E-state index in [1.165, 1.54) is 12.1 Å². The van der Waals surface area contributed by atoms with Crippen LogP contribution >= 0.6 is 0 Å². The third-order valence-corrected chi connectivity index (χ3v) is 3.64. The van der Waals surface area contributed by atoms with Gasteiger partial charge in [-0.3, -0.25) is 14.9 Å². The molecule has 1 aliphatic rings. The zero-order valence-corrected chi connectivity index (χ0v) is 12.3. The molecule has 0 amide bonds. The summed E-state index contributed by atoms with van der Waals surface area (Å²) in [6.45, 7) is 4.21. The molecule has 2 rings (SSSR count). The number of nitro benzene ring substituents is 1. The number of anilines is 1. The highest BCUT2D eigenvalue weighted by Gasteiger charge is 2.37. The lowest BCUT2D eigenvalue weighted by Gasteiger charge is -2.17. The third-order valence-electron chi connectivity index (χ3n) is 3.64. The number of ether oxygens (including phenoxy) is 1. The van der Waals surface area contributed by atoms with E-state index in [1.54, 1.807) is 13.0 Å². The summed E-state index contributed by atoms with van der Waals surface area (Å²) in [6, 6.07) is 4.75. The zero-order valence-electron chi connectivity index (χ0n) is 12.3. The molecule has 1 fully saturated rings. The second-order valence-electron chi connectivity index (χ2n) is 5.59. The van der Waals surface area contributed by atoms with Crippen molar-refractivity contribution in [3.05, 3.63) is 33.9 Å². The molecule has 0 aromatic heterocycles. The molecule has 0 bridgehead atoms. The fourth-order valence-electron chi connectivity index (χ4n) is 2.13. The van der Waals surface area contributed by atoms with Crippen molar-refractivity contribution >= 4 is 17.3 Å². The minimum Gasteiger partial charge on any atom is -0.466 e. The van der Waals surface area contributed by atoms with Crippen molar-refractivity contribution in [2.75, 3.05) is 11.9 Å². The third kappa shape index (κ3) is 4.18. The smallest absolute Gasteiger partial charge is 0.306 e. The Kier molecular flexibility index (Phi) is 4.45.